The minimum atomic E-state index is -0.528. The Bertz CT molecular complexity index is 676. The summed E-state index contributed by atoms with van der Waals surface area (Å²) in [7, 11) is 0. The minimum Gasteiger partial charge on any atom is -0.463 e. The Morgan fingerprint density at radius 2 is 1.92 bits per heavy atom. The second kappa shape index (κ2) is 9.84. The summed E-state index contributed by atoms with van der Waals surface area (Å²) in [6.07, 6.45) is 6.69. The average Bonchev–Trinajstić information content (AvgIpc) is 3.06. The van der Waals surface area contributed by atoms with Gasteiger partial charge in [0.25, 0.3) is 0 Å². The van der Waals surface area contributed by atoms with Crippen molar-refractivity contribution in [1.29, 1.82) is 0 Å². The van der Waals surface area contributed by atoms with Crippen LogP contribution in [0.1, 0.15) is 56.3 Å². The predicted molar refractivity (Wildman–Crippen MR) is 99.0 cm³/mol. The number of esters is 1. The van der Waals surface area contributed by atoms with Crippen molar-refractivity contribution < 1.29 is 14.3 Å². The van der Waals surface area contributed by atoms with Gasteiger partial charge in [0.05, 0.1) is 12.5 Å². The summed E-state index contributed by atoms with van der Waals surface area (Å²) < 4.78 is 5.14. The average molecular weight is 338 g/mol. The lowest BCUT2D eigenvalue weighted by Crippen LogP contribution is -2.25. The molecule has 1 aliphatic carbocycles. The normalized spacial score (nSPS) is 18.9. The number of rotatable bonds is 7. The van der Waals surface area contributed by atoms with Gasteiger partial charge in [0.1, 0.15) is 0 Å². The summed E-state index contributed by atoms with van der Waals surface area (Å²) in [4.78, 5) is 25.3. The van der Waals surface area contributed by atoms with Gasteiger partial charge in [-0.1, -0.05) is 62.1 Å². The maximum absolute atomic E-state index is 13.0. The van der Waals surface area contributed by atoms with Gasteiger partial charge in [-0.05, 0) is 19.8 Å². The maximum atomic E-state index is 13.0. The molecule has 0 fully saturated rings. The molecule has 0 saturated carbocycles. The molecule has 1 aliphatic rings. The van der Waals surface area contributed by atoms with E-state index in [0.717, 1.165) is 25.7 Å². The monoisotopic (exact) mass is 338 g/mol. The van der Waals surface area contributed by atoms with E-state index in [1.807, 2.05) is 24.3 Å². The summed E-state index contributed by atoms with van der Waals surface area (Å²) in [5.41, 5.74) is 1.07. The van der Waals surface area contributed by atoms with Gasteiger partial charge in [-0.15, -0.1) is 5.92 Å². The fraction of sp³-hybridized carbons (Fsp3) is 0.455. The first kappa shape index (κ1) is 19.0. The lowest BCUT2D eigenvalue weighted by Gasteiger charge is -2.17. The van der Waals surface area contributed by atoms with Crippen LogP contribution < -0.4 is 0 Å². The molecule has 132 valence electrons. The van der Waals surface area contributed by atoms with Gasteiger partial charge in [-0.25, -0.2) is 4.79 Å². The summed E-state index contributed by atoms with van der Waals surface area (Å²) in [6.45, 7) is 4.23. The van der Waals surface area contributed by atoms with E-state index in [9.17, 15) is 9.59 Å². The number of unbranched alkanes of at least 4 members (excludes halogenated alkanes) is 3. The summed E-state index contributed by atoms with van der Waals surface area (Å²) in [5.74, 6) is 5.32. The molecule has 2 rings (SSSR count). The molecule has 0 saturated heterocycles. The van der Waals surface area contributed by atoms with E-state index in [4.69, 9.17) is 4.74 Å². The van der Waals surface area contributed by atoms with Crippen molar-refractivity contribution in [3.8, 4) is 11.8 Å². The Labute approximate surface area is 150 Å². The molecule has 3 nitrogen and oxygen atoms in total. The topological polar surface area (TPSA) is 43.4 Å². The van der Waals surface area contributed by atoms with E-state index in [2.05, 4.69) is 18.8 Å². The summed E-state index contributed by atoms with van der Waals surface area (Å²) in [5, 5.41) is 0. The van der Waals surface area contributed by atoms with Gasteiger partial charge in [0.2, 0.25) is 0 Å². The largest absolute Gasteiger partial charge is 0.463 e. The number of Topliss-reactive ketones (excluding diaryl/α,β-unsaturated/α-hetero) is 1. The highest BCUT2D eigenvalue weighted by Crippen LogP contribution is 2.35. The Kier molecular flexibility index (Phi) is 7.47. The van der Waals surface area contributed by atoms with Crippen molar-refractivity contribution in [1.82, 2.24) is 0 Å². The number of hydrogen-bond acceptors (Lipinski definition) is 3. The zero-order chi connectivity index (χ0) is 18.1. The Balaban J connectivity index is 2.19. The lowest BCUT2D eigenvalue weighted by atomic mass is 9.84. The van der Waals surface area contributed by atoms with Gasteiger partial charge < -0.3 is 4.74 Å². The number of carbonyl (C=O) groups is 2. The number of carbonyl (C=O) groups excluding carboxylic acids is 2. The van der Waals surface area contributed by atoms with Gasteiger partial charge in [0, 0.05) is 23.5 Å². The highest BCUT2D eigenvalue weighted by molar-refractivity contribution is 6.06. The number of allylic oxidation sites excluding steroid dienone is 1. The quantitative estimate of drug-likeness (QED) is 0.316. The molecule has 0 aromatic heterocycles. The zero-order valence-electron chi connectivity index (χ0n) is 15.1. The highest BCUT2D eigenvalue weighted by atomic mass is 16.5. The molecule has 0 unspecified atom stereocenters. The number of hydrogen-bond donors (Lipinski definition) is 0. The molecular formula is C22H26O3. The van der Waals surface area contributed by atoms with Crippen LogP contribution in [-0.4, -0.2) is 18.4 Å². The fourth-order valence-corrected chi connectivity index (χ4v) is 3.07. The molecule has 0 spiro atoms. The SMILES string of the molecule is CCCCCC#C[C@@H]1CC=C(C(=O)OCC)[C@H]1C(=O)c1ccccc1. The van der Waals surface area contributed by atoms with E-state index in [0.29, 0.717) is 24.2 Å². The maximum Gasteiger partial charge on any atom is 0.334 e. The van der Waals surface area contributed by atoms with Crippen LogP contribution in [-0.2, 0) is 9.53 Å². The van der Waals surface area contributed by atoms with Gasteiger partial charge in [-0.2, -0.15) is 0 Å². The first-order chi connectivity index (χ1) is 12.2. The molecule has 0 aliphatic heterocycles. The van der Waals surface area contributed by atoms with Crippen LogP contribution in [0.5, 0.6) is 0 Å². The molecule has 2 atom stereocenters. The van der Waals surface area contributed by atoms with Crippen LogP contribution in [0.15, 0.2) is 42.0 Å². The molecule has 0 N–H and O–H groups in total. The third-order valence-corrected chi connectivity index (χ3v) is 4.37. The van der Waals surface area contributed by atoms with Gasteiger partial charge in [-0.3, -0.25) is 4.79 Å². The third kappa shape index (κ3) is 5.06. The van der Waals surface area contributed by atoms with Crippen LogP contribution in [0.3, 0.4) is 0 Å². The third-order valence-electron chi connectivity index (χ3n) is 4.37. The summed E-state index contributed by atoms with van der Waals surface area (Å²) >= 11 is 0. The van der Waals surface area contributed by atoms with Crippen LogP contribution >= 0.6 is 0 Å². The second-order valence-corrected chi connectivity index (χ2v) is 6.21. The van der Waals surface area contributed by atoms with Crippen LogP contribution in [0.4, 0.5) is 0 Å². The van der Waals surface area contributed by atoms with E-state index in [1.165, 1.54) is 0 Å². The molecule has 0 bridgehead atoms. The Morgan fingerprint density at radius 3 is 2.60 bits per heavy atom. The molecule has 25 heavy (non-hydrogen) atoms. The van der Waals surface area contributed by atoms with Crippen LogP contribution in [0.2, 0.25) is 0 Å². The van der Waals surface area contributed by atoms with Crippen molar-refractivity contribution >= 4 is 11.8 Å². The van der Waals surface area contributed by atoms with E-state index in [1.54, 1.807) is 19.1 Å². The van der Waals surface area contributed by atoms with E-state index >= 15 is 0 Å². The van der Waals surface area contributed by atoms with E-state index < -0.39 is 11.9 Å². The molecule has 0 amide bonds. The van der Waals surface area contributed by atoms with Crippen molar-refractivity contribution in [2.24, 2.45) is 11.8 Å². The van der Waals surface area contributed by atoms with Crippen molar-refractivity contribution in [2.45, 2.75) is 46.0 Å². The molecular weight excluding hydrogens is 312 g/mol. The van der Waals surface area contributed by atoms with Crippen molar-refractivity contribution in [2.75, 3.05) is 6.61 Å². The van der Waals surface area contributed by atoms with Crippen molar-refractivity contribution in [3.05, 3.63) is 47.5 Å². The number of ketones is 1. The summed E-state index contributed by atoms with van der Waals surface area (Å²) in [6, 6.07) is 9.12. The smallest absolute Gasteiger partial charge is 0.334 e. The molecule has 0 radical (unpaired) electrons. The van der Waals surface area contributed by atoms with Crippen LogP contribution in [0.25, 0.3) is 0 Å². The predicted octanol–water partition coefficient (Wildman–Crippen LogP) is 4.58. The minimum absolute atomic E-state index is 0.0507. The molecule has 0 heterocycles. The second-order valence-electron chi connectivity index (χ2n) is 6.21. The molecule has 1 aromatic carbocycles. The van der Waals surface area contributed by atoms with Crippen molar-refractivity contribution in [3.63, 3.8) is 0 Å². The zero-order valence-corrected chi connectivity index (χ0v) is 15.1. The van der Waals surface area contributed by atoms with Gasteiger partial charge in [0.15, 0.2) is 5.78 Å². The molecule has 3 heteroatoms. The number of ether oxygens (including phenoxy) is 1. The lowest BCUT2D eigenvalue weighted by molar-refractivity contribution is -0.139. The fourth-order valence-electron chi connectivity index (χ4n) is 3.07. The van der Waals surface area contributed by atoms with Crippen LogP contribution in [0, 0.1) is 23.7 Å². The molecule has 1 aromatic rings. The highest BCUT2D eigenvalue weighted by Gasteiger charge is 2.38. The first-order valence-electron chi connectivity index (χ1n) is 9.13. The Morgan fingerprint density at radius 1 is 1.16 bits per heavy atom. The number of benzene rings is 1. The first-order valence-corrected chi connectivity index (χ1v) is 9.13. The Hall–Kier alpha value is -2.34. The standard InChI is InChI=1S/C22H26O3/c1-3-5-6-7-9-12-17-15-16-19(22(24)25-4-2)20(17)21(23)18-13-10-8-11-14-18/h8,10-11,13-14,16-17,20H,3-7,15H2,1-2H3/t17-,20+/m1/s1. The van der Waals surface area contributed by atoms with Gasteiger partial charge >= 0.3 is 5.97 Å². The van der Waals surface area contributed by atoms with E-state index in [-0.39, 0.29) is 11.7 Å².